The molecule has 0 bridgehead atoms. The fourth-order valence-electron chi connectivity index (χ4n) is 3.81. The first-order chi connectivity index (χ1) is 12.7. The highest BCUT2D eigenvalue weighted by Gasteiger charge is 2.47. The Morgan fingerprint density at radius 1 is 1.23 bits per heavy atom. The fraction of sp³-hybridized carbons (Fsp3) is 0.600. The van der Waals surface area contributed by atoms with E-state index in [1.807, 2.05) is 29.2 Å². The molecule has 0 aromatic heterocycles. The van der Waals surface area contributed by atoms with Crippen LogP contribution >= 0.6 is 0 Å². The third kappa shape index (κ3) is 3.43. The molecule has 0 radical (unpaired) electrons. The molecule has 26 heavy (non-hydrogen) atoms. The first-order valence-electron chi connectivity index (χ1n) is 9.52. The molecule has 2 saturated carbocycles. The monoisotopic (exact) mass is 358 g/mol. The Morgan fingerprint density at radius 2 is 1.96 bits per heavy atom. The number of nitrogens with one attached hydrogen (secondary N) is 1. The topological polar surface area (TPSA) is 67.9 Å². The van der Waals surface area contributed by atoms with Crippen LogP contribution < -0.4 is 10.1 Å². The molecular formula is C20H26N2O4. The van der Waals surface area contributed by atoms with E-state index in [-0.39, 0.29) is 30.5 Å². The van der Waals surface area contributed by atoms with Crippen molar-refractivity contribution in [1.82, 2.24) is 10.2 Å². The Morgan fingerprint density at radius 3 is 2.54 bits per heavy atom. The van der Waals surface area contributed by atoms with Gasteiger partial charge in [0.1, 0.15) is 12.4 Å². The first kappa shape index (κ1) is 17.3. The maximum atomic E-state index is 12.8. The molecule has 6 nitrogen and oxygen atoms in total. The summed E-state index contributed by atoms with van der Waals surface area (Å²) in [4.78, 5) is 27.2. The second kappa shape index (κ2) is 7.27. The van der Waals surface area contributed by atoms with Crippen LogP contribution in [0.4, 0.5) is 0 Å². The minimum atomic E-state index is -0.665. The molecule has 4 rings (SSSR count). The van der Waals surface area contributed by atoms with Gasteiger partial charge >= 0.3 is 0 Å². The average molecular weight is 358 g/mol. The van der Waals surface area contributed by atoms with Gasteiger partial charge in [-0.15, -0.1) is 0 Å². The predicted octanol–water partition coefficient (Wildman–Crippen LogP) is 2.04. The van der Waals surface area contributed by atoms with Crippen LogP contribution in [-0.2, 0) is 14.3 Å². The van der Waals surface area contributed by atoms with E-state index < -0.39 is 6.10 Å². The van der Waals surface area contributed by atoms with E-state index in [2.05, 4.69) is 5.32 Å². The fourth-order valence-corrected chi connectivity index (χ4v) is 3.81. The molecule has 1 aromatic rings. The number of methoxy groups -OCH3 is 1. The third-order valence-corrected chi connectivity index (χ3v) is 5.71. The molecule has 1 aromatic carbocycles. The van der Waals surface area contributed by atoms with E-state index in [1.54, 1.807) is 7.11 Å². The van der Waals surface area contributed by atoms with E-state index in [0.717, 1.165) is 24.2 Å². The maximum absolute atomic E-state index is 12.8. The van der Waals surface area contributed by atoms with Gasteiger partial charge < -0.3 is 19.7 Å². The van der Waals surface area contributed by atoms with Crippen molar-refractivity contribution in [2.45, 2.75) is 50.3 Å². The lowest BCUT2D eigenvalue weighted by atomic mass is 9.85. The van der Waals surface area contributed by atoms with Gasteiger partial charge in [0.15, 0.2) is 6.10 Å². The molecule has 3 fully saturated rings. The molecule has 3 aliphatic rings. The summed E-state index contributed by atoms with van der Waals surface area (Å²) >= 11 is 0. The summed E-state index contributed by atoms with van der Waals surface area (Å²) in [5, 5.41) is 3.04. The summed E-state index contributed by atoms with van der Waals surface area (Å²) in [7, 11) is 1.62. The van der Waals surface area contributed by atoms with Gasteiger partial charge in [-0.1, -0.05) is 18.6 Å². The maximum Gasteiger partial charge on any atom is 0.251 e. The number of rotatable bonds is 6. The van der Waals surface area contributed by atoms with Gasteiger partial charge in [-0.3, -0.25) is 9.59 Å². The summed E-state index contributed by atoms with van der Waals surface area (Å²) in [6, 6.07) is 7.42. The Hall–Kier alpha value is -2.08. The minimum Gasteiger partial charge on any atom is -0.497 e. The van der Waals surface area contributed by atoms with Crippen LogP contribution in [0, 0.1) is 5.92 Å². The predicted molar refractivity (Wildman–Crippen MR) is 95.7 cm³/mol. The molecule has 2 aliphatic carbocycles. The molecule has 140 valence electrons. The quantitative estimate of drug-likeness (QED) is 0.845. The molecule has 1 aliphatic heterocycles. The lowest BCUT2D eigenvalue weighted by Crippen LogP contribution is -2.55. The van der Waals surface area contributed by atoms with Gasteiger partial charge in [0, 0.05) is 12.6 Å². The van der Waals surface area contributed by atoms with Crippen molar-refractivity contribution in [3.05, 3.63) is 29.8 Å². The first-order valence-corrected chi connectivity index (χ1v) is 9.52. The summed E-state index contributed by atoms with van der Waals surface area (Å²) in [6.07, 6.45) is 4.94. The van der Waals surface area contributed by atoms with Gasteiger partial charge in [0.2, 0.25) is 5.91 Å². The lowest BCUT2D eigenvalue weighted by Gasteiger charge is -2.41. The third-order valence-electron chi connectivity index (χ3n) is 5.71. The van der Waals surface area contributed by atoms with Crippen LogP contribution in [0.5, 0.6) is 5.75 Å². The number of ether oxygens (including phenoxy) is 2. The molecule has 2 atom stereocenters. The highest BCUT2D eigenvalue weighted by molar-refractivity contribution is 5.86. The van der Waals surface area contributed by atoms with Crippen molar-refractivity contribution < 1.29 is 19.1 Å². The molecule has 0 spiro atoms. The Labute approximate surface area is 153 Å². The second-order valence-corrected chi connectivity index (χ2v) is 7.52. The molecule has 0 unspecified atom stereocenters. The standard InChI is InChI=1S/C20H26N2O4/c1-25-16-9-5-14(6-10-16)18-19(20(24)21-11-13-3-2-4-13)26-12-17(23)22(18)15-7-8-15/h5-6,9-10,13,15,18-19H,2-4,7-8,11-12H2,1H3,(H,21,24)/t18-,19+/m1/s1. The molecule has 2 amide bonds. The zero-order valence-electron chi connectivity index (χ0n) is 15.1. The highest BCUT2D eigenvalue weighted by atomic mass is 16.5. The minimum absolute atomic E-state index is 0.0231. The van der Waals surface area contributed by atoms with Crippen molar-refractivity contribution in [2.24, 2.45) is 5.92 Å². The Bertz CT molecular complexity index is 667. The van der Waals surface area contributed by atoms with Crippen molar-refractivity contribution in [1.29, 1.82) is 0 Å². The van der Waals surface area contributed by atoms with Gasteiger partial charge in [0.25, 0.3) is 5.91 Å². The van der Waals surface area contributed by atoms with Gasteiger partial charge in [0.05, 0.1) is 13.2 Å². The number of nitrogens with zero attached hydrogens (tertiary/aromatic N) is 1. The van der Waals surface area contributed by atoms with Crippen molar-refractivity contribution in [2.75, 3.05) is 20.3 Å². The zero-order valence-corrected chi connectivity index (χ0v) is 15.1. The zero-order chi connectivity index (χ0) is 18.1. The number of hydrogen-bond acceptors (Lipinski definition) is 4. The Kier molecular flexibility index (Phi) is 4.85. The smallest absolute Gasteiger partial charge is 0.251 e. The SMILES string of the molecule is COc1ccc([C@@H]2[C@@H](C(=O)NCC3CCC3)OCC(=O)N2C2CC2)cc1. The summed E-state index contributed by atoms with van der Waals surface area (Å²) in [6.45, 7) is 0.677. The van der Waals surface area contributed by atoms with E-state index in [1.165, 1.54) is 19.3 Å². The summed E-state index contributed by atoms with van der Waals surface area (Å²) in [5.74, 6) is 1.19. The molecular weight excluding hydrogens is 332 g/mol. The van der Waals surface area contributed by atoms with Crippen LogP contribution in [0.25, 0.3) is 0 Å². The number of carbonyl (C=O) groups excluding carboxylic acids is 2. The normalized spacial score (nSPS) is 26.3. The number of carbonyl (C=O) groups is 2. The lowest BCUT2D eigenvalue weighted by molar-refractivity contribution is -0.165. The van der Waals surface area contributed by atoms with E-state index in [9.17, 15) is 9.59 Å². The van der Waals surface area contributed by atoms with E-state index in [4.69, 9.17) is 9.47 Å². The number of hydrogen-bond donors (Lipinski definition) is 1. The largest absolute Gasteiger partial charge is 0.497 e. The van der Waals surface area contributed by atoms with E-state index >= 15 is 0 Å². The van der Waals surface area contributed by atoms with Crippen LogP contribution in [-0.4, -0.2) is 49.1 Å². The highest BCUT2D eigenvalue weighted by Crippen LogP contribution is 2.40. The molecule has 1 heterocycles. The van der Waals surface area contributed by atoms with Gasteiger partial charge in [-0.2, -0.15) is 0 Å². The van der Waals surface area contributed by atoms with Gasteiger partial charge in [-0.25, -0.2) is 0 Å². The number of amides is 2. The van der Waals surface area contributed by atoms with Crippen molar-refractivity contribution in [3.63, 3.8) is 0 Å². The van der Waals surface area contributed by atoms with Crippen LogP contribution in [0.2, 0.25) is 0 Å². The van der Waals surface area contributed by atoms with Crippen LogP contribution in [0.15, 0.2) is 24.3 Å². The van der Waals surface area contributed by atoms with Gasteiger partial charge in [-0.05, 0) is 49.3 Å². The van der Waals surface area contributed by atoms with Crippen molar-refractivity contribution >= 4 is 11.8 Å². The van der Waals surface area contributed by atoms with Crippen LogP contribution in [0.1, 0.15) is 43.7 Å². The van der Waals surface area contributed by atoms with Crippen LogP contribution in [0.3, 0.4) is 0 Å². The Balaban J connectivity index is 1.56. The molecule has 1 saturated heterocycles. The number of morpholine rings is 1. The average Bonchev–Trinajstić information content (AvgIpc) is 3.45. The second-order valence-electron chi connectivity index (χ2n) is 7.52. The summed E-state index contributed by atoms with van der Waals surface area (Å²) in [5.41, 5.74) is 0.912. The summed E-state index contributed by atoms with van der Waals surface area (Å²) < 4.78 is 11.0. The van der Waals surface area contributed by atoms with E-state index in [0.29, 0.717) is 12.5 Å². The molecule has 6 heteroatoms. The van der Waals surface area contributed by atoms with Crippen molar-refractivity contribution in [3.8, 4) is 5.75 Å². The number of benzene rings is 1. The molecule has 1 N–H and O–H groups in total.